The number of furan rings is 2. The van der Waals surface area contributed by atoms with Gasteiger partial charge in [0, 0.05) is 43.4 Å². The molecule has 84 heavy (non-hydrogen) atoms. The van der Waals surface area contributed by atoms with Crippen molar-refractivity contribution in [3.63, 3.8) is 0 Å². The van der Waals surface area contributed by atoms with Gasteiger partial charge in [-0.3, -0.25) is 0 Å². The maximum absolute atomic E-state index is 7.02. The van der Waals surface area contributed by atoms with Crippen LogP contribution in [0.1, 0.15) is 0 Å². The maximum Gasteiger partial charge on any atom is 0.159 e. The number of anilines is 6. The molecule has 0 atom stereocenters. The molecule has 2 heterocycles. The molecule has 0 aliphatic carbocycles. The summed E-state index contributed by atoms with van der Waals surface area (Å²) in [6.45, 7) is 0. The van der Waals surface area contributed by atoms with Crippen LogP contribution in [-0.4, -0.2) is 0 Å². The van der Waals surface area contributed by atoms with E-state index in [1.165, 1.54) is 0 Å². The lowest BCUT2D eigenvalue weighted by Crippen LogP contribution is -2.13. The molecule has 0 saturated carbocycles. The number of benzene rings is 14. The highest BCUT2D eigenvalue weighted by atomic mass is 16.3. The predicted octanol–water partition coefficient (Wildman–Crippen LogP) is 23.1. The fraction of sp³-hybridized carbons (Fsp3) is 0. The van der Waals surface area contributed by atoms with Gasteiger partial charge in [-0.15, -0.1) is 0 Å². The van der Waals surface area contributed by atoms with Gasteiger partial charge in [0.25, 0.3) is 0 Å². The first-order valence-electron chi connectivity index (χ1n) is 28.6. The molecule has 0 aliphatic heterocycles. The molecule has 0 saturated heterocycles. The first-order chi connectivity index (χ1) is 41.7. The molecule has 0 bridgehead atoms. The van der Waals surface area contributed by atoms with Crippen LogP contribution in [0.4, 0.5) is 34.1 Å². The van der Waals surface area contributed by atoms with Gasteiger partial charge in [-0.1, -0.05) is 243 Å². The molecular formula is C80H52N2O2. The summed E-state index contributed by atoms with van der Waals surface area (Å²) in [5.74, 6) is 0. The molecule has 394 valence electrons. The van der Waals surface area contributed by atoms with Crippen molar-refractivity contribution in [3.8, 4) is 55.6 Å². The van der Waals surface area contributed by atoms with E-state index in [1.54, 1.807) is 0 Å². The van der Waals surface area contributed by atoms with Crippen LogP contribution in [0.15, 0.2) is 324 Å². The van der Waals surface area contributed by atoms with E-state index < -0.39 is 0 Å². The topological polar surface area (TPSA) is 32.8 Å². The quantitative estimate of drug-likeness (QED) is 0.129. The zero-order valence-corrected chi connectivity index (χ0v) is 45.7. The second-order valence-electron chi connectivity index (χ2n) is 21.5. The Balaban J connectivity index is 0.981. The Hall–Kier alpha value is -11.2. The number of hydrogen-bond acceptors (Lipinski definition) is 4. The number of hydrogen-bond donors (Lipinski definition) is 0. The minimum atomic E-state index is 0.815. The third-order valence-corrected chi connectivity index (χ3v) is 16.6. The van der Waals surface area contributed by atoms with Gasteiger partial charge in [0.15, 0.2) is 11.2 Å². The standard InChI is InChI=1S/C80H52N2O2/c1-5-23-53(24-6-1)57-43-45-71(69(49-57)55-27-9-3-10-28-55)81(73-39-21-37-67-65-35-17-19-41-77(65)83-79(67)73)75-51-61(47-59-31-13-15-33-63(59)75)62-48-60-32-14-16-34-64(60)76(52-62)82(74-40-22-38-68-66-36-18-20-42-78(66)84-80(68)74)72-46-44-58(54-25-7-2-8-26-54)50-70(72)56-29-11-4-12-30-56/h1-52H. The van der Waals surface area contributed by atoms with E-state index >= 15 is 0 Å². The van der Waals surface area contributed by atoms with Gasteiger partial charge < -0.3 is 18.6 Å². The highest BCUT2D eigenvalue weighted by Crippen LogP contribution is 2.52. The number of nitrogens with zero attached hydrogens (tertiary/aromatic N) is 2. The molecule has 14 aromatic carbocycles. The Bertz CT molecular complexity index is 4820. The maximum atomic E-state index is 7.02. The molecule has 2 aromatic heterocycles. The van der Waals surface area contributed by atoms with Crippen LogP contribution >= 0.6 is 0 Å². The van der Waals surface area contributed by atoms with Gasteiger partial charge >= 0.3 is 0 Å². The van der Waals surface area contributed by atoms with Crippen LogP contribution in [0.2, 0.25) is 0 Å². The highest BCUT2D eigenvalue weighted by Gasteiger charge is 2.28. The van der Waals surface area contributed by atoms with E-state index in [9.17, 15) is 0 Å². The van der Waals surface area contributed by atoms with E-state index in [4.69, 9.17) is 8.83 Å². The highest BCUT2D eigenvalue weighted by molar-refractivity contribution is 6.15. The van der Waals surface area contributed by atoms with E-state index in [0.29, 0.717) is 0 Å². The van der Waals surface area contributed by atoms with Crippen molar-refractivity contribution in [3.05, 3.63) is 315 Å². The van der Waals surface area contributed by atoms with Crippen molar-refractivity contribution in [2.75, 3.05) is 9.80 Å². The van der Waals surface area contributed by atoms with Crippen molar-refractivity contribution in [2.24, 2.45) is 0 Å². The predicted molar refractivity (Wildman–Crippen MR) is 353 cm³/mol. The summed E-state index contributed by atoms with van der Waals surface area (Å²) < 4.78 is 14.0. The second-order valence-corrected chi connectivity index (χ2v) is 21.5. The molecule has 16 aromatic rings. The van der Waals surface area contributed by atoms with Gasteiger partial charge in [0.2, 0.25) is 0 Å². The summed E-state index contributed by atoms with van der Waals surface area (Å²) in [5.41, 5.74) is 20.4. The Labute approximate surface area is 486 Å². The van der Waals surface area contributed by atoms with Crippen LogP contribution in [0.5, 0.6) is 0 Å². The van der Waals surface area contributed by atoms with Crippen molar-refractivity contribution in [1.29, 1.82) is 0 Å². The minimum Gasteiger partial charge on any atom is -0.454 e. The molecular weight excluding hydrogens is 1020 g/mol. The third-order valence-electron chi connectivity index (χ3n) is 16.6. The van der Waals surface area contributed by atoms with Crippen molar-refractivity contribution in [2.45, 2.75) is 0 Å². The van der Waals surface area contributed by atoms with Crippen LogP contribution in [-0.2, 0) is 0 Å². The number of fused-ring (bicyclic) bond motifs is 8. The zero-order chi connectivity index (χ0) is 55.5. The molecule has 16 rings (SSSR count). The Morgan fingerprint density at radius 1 is 0.190 bits per heavy atom. The van der Waals surface area contributed by atoms with E-state index in [2.05, 4.69) is 313 Å². The molecule has 0 unspecified atom stereocenters. The fourth-order valence-corrected chi connectivity index (χ4v) is 12.7. The summed E-state index contributed by atoms with van der Waals surface area (Å²) >= 11 is 0. The van der Waals surface area contributed by atoms with Gasteiger partial charge in [0.05, 0.1) is 34.1 Å². The zero-order valence-electron chi connectivity index (χ0n) is 45.7. The fourth-order valence-electron chi connectivity index (χ4n) is 12.7. The molecule has 0 radical (unpaired) electrons. The third kappa shape index (κ3) is 8.39. The van der Waals surface area contributed by atoms with Crippen LogP contribution in [0.3, 0.4) is 0 Å². The Morgan fingerprint density at radius 3 is 0.952 bits per heavy atom. The summed E-state index contributed by atoms with van der Waals surface area (Å²) in [6, 6.07) is 114. The molecule has 0 N–H and O–H groups in total. The number of para-hydroxylation sites is 4. The first kappa shape index (κ1) is 48.7. The monoisotopic (exact) mass is 1070 g/mol. The van der Waals surface area contributed by atoms with E-state index in [0.717, 1.165) is 155 Å². The van der Waals surface area contributed by atoms with Crippen molar-refractivity contribution in [1.82, 2.24) is 0 Å². The summed E-state index contributed by atoms with van der Waals surface area (Å²) in [6.07, 6.45) is 0. The van der Waals surface area contributed by atoms with Crippen molar-refractivity contribution >= 4 is 99.5 Å². The molecule has 4 nitrogen and oxygen atoms in total. The largest absolute Gasteiger partial charge is 0.454 e. The number of rotatable bonds is 11. The van der Waals surface area contributed by atoms with Crippen LogP contribution < -0.4 is 9.80 Å². The Kier molecular flexibility index (Phi) is 11.8. The average Bonchev–Trinajstić information content (AvgIpc) is 2.30. The summed E-state index contributed by atoms with van der Waals surface area (Å²) in [4.78, 5) is 4.90. The normalized spacial score (nSPS) is 11.6. The van der Waals surface area contributed by atoms with Crippen LogP contribution in [0, 0.1) is 0 Å². The van der Waals surface area contributed by atoms with Gasteiger partial charge in [-0.05, 0) is 128 Å². The van der Waals surface area contributed by atoms with Gasteiger partial charge in [-0.2, -0.15) is 0 Å². The second kappa shape index (κ2) is 20.4. The Morgan fingerprint density at radius 2 is 0.536 bits per heavy atom. The lowest BCUT2D eigenvalue weighted by Gasteiger charge is -2.31. The molecule has 0 amide bonds. The van der Waals surface area contributed by atoms with E-state index in [1.807, 2.05) is 12.1 Å². The molecule has 0 aliphatic rings. The minimum absolute atomic E-state index is 0.815. The summed E-state index contributed by atoms with van der Waals surface area (Å²) in [7, 11) is 0. The van der Waals surface area contributed by atoms with E-state index in [-0.39, 0.29) is 0 Å². The van der Waals surface area contributed by atoms with Crippen molar-refractivity contribution < 1.29 is 8.83 Å². The van der Waals surface area contributed by atoms with Gasteiger partial charge in [0.1, 0.15) is 11.2 Å². The summed E-state index contributed by atoms with van der Waals surface area (Å²) in [5, 5.41) is 8.68. The molecule has 0 spiro atoms. The first-order valence-corrected chi connectivity index (χ1v) is 28.6. The lowest BCUT2D eigenvalue weighted by molar-refractivity contribution is 0.669. The lowest BCUT2D eigenvalue weighted by atomic mass is 9.93. The molecule has 4 heteroatoms. The average molecular weight is 1070 g/mol. The molecule has 0 fully saturated rings. The SMILES string of the molecule is c1ccc(-c2ccc(N(c3cc(-c4cc(N(c5ccc(-c6ccccc6)cc5-c5ccccc5)c5cccc6c5oc5ccccc56)c5ccccc5c4)cc4ccccc34)c3cccc4c3oc3ccccc34)c(-c3ccccc3)c2)cc1. The van der Waals surface area contributed by atoms with Gasteiger partial charge in [-0.25, -0.2) is 0 Å². The van der Waals surface area contributed by atoms with Crippen LogP contribution in [0.25, 0.3) is 121 Å². The smallest absolute Gasteiger partial charge is 0.159 e.